The fourth-order valence-corrected chi connectivity index (χ4v) is 3.23. The minimum absolute atomic E-state index is 0.0668. The van der Waals surface area contributed by atoms with Crippen molar-refractivity contribution in [3.8, 4) is 11.1 Å². The Morgan fingerprint density at radius 1 is 0.900 bits per heavy atom. The highest BCUT2D eigenvalue weighted by molar-refractivity contribution is 5.98. The second kappa shape index (κ2) is 9.85. The Bertz CT molecular complexity index is 1000. The first kappa shape index (κ1) is 21.3. The number of rotatable bonds is 7. The highest BCUT2D eigenvalue weighted by atomic mass is 16.2. The molecule has 3 aromatic carbocycles. The molecule has 0 aliphatic rings. The van der Waals surface area contributed by atoms with E-state index in [-0.39, 0.29) is 17.9 Å². The summed E-state index contributed by atoms with van der Waals surface area (Å²) in [5.41, 5.74) is 4.50. The van der Waals surface area contributed by atoms with Gasteiger partial charge in [-0.15, -0.1) is 0 Å². The average molecular weight is 402 g/mol. The van der Waals surface area contributed by atoms with Crippen LogP contribution in [0.5, 0.6) is 0 Å². The number of anilines is 1. The Balaban J connectivity index is 1.67. The van der Waals surface area contributed by atoms with E-state index in [9.17, 15) is 9.59 Å². The zero-order valence-electron chi connectivity index (χ0n) is 17.6. The Morgan fingerprint density at radius 3 is 2.20 bits per heavy atom. The van der Waals surface area contributed by atoms with Crippen LogP contribution in [0.4, 0.5) is 5.69 Å². The molecule has 0 aromatic heterocycles. The Kier molecular flexibility index (Phi) is 6.99. The first-order valence-electron chi connectivity index (χ1n) is 9.96. The van der Waals surface area contributed by atoms with E-state index in [1.54, 1.807) is 19.2 Å². The molecule has 30 heavy (non-hydrogen) atoms. The number of nitrogens with zero attached hydrogens (tertiary/aromatic N) is 1. The normalized spacial score (nSPS) is 11.7. The van der Waals surface area contributed by atoms with Gasteiger partial charge in [-0.3, -0.25) is 14.5 Å². The van der Waals surface area contributed by atoms with Gasteiger partial charge in [0.2, 0.25) is 5.91 Å². The van der Waals surface area contributed by atoms with Gasteiger partial charge in [0.1, 0.15) is 0 Å². The monoisotopic (exact) mass is 401 g/mol. The van der Waals surface area contributed by atoms with Crippen molar-refractivity contribution in [2.24, 2.45) is 0 Å². The quantitative estimate of drug-likeness (QED) is 0.625. The number of carbonyl (C=O) groups is 2. The molecule has 0 saturated carbocycles. The number of carbonyl (C=O) groups excluding carboxylic acids is 2. The van der Waals surface area contributed by atoms with Crippen LogP contribution in [0.1, 0.15) is 22.8 Å². The van der Waals surface area contributed by atoms with Crippen LogP contribution in [0, 0.1) is 0 Å². The van der Waals surface area contributed by atoms with Crippen molar-refractivity contribution in [3.63, 3.8) is 0 Å². The molecule has 1 atom stereocenters. The third kappa shape index (κ3) is 5.13. The van der Waals surface area contributed by atoms with Gasteiger partial charge in [-0.05, 0) is 43.3 Å². The third-order valence-electron chi connectivity index (χ3n) is 5.19. The second-order valence-electron chi connectivity index (χ2n) is 7.27. The van der Waals surface area contributed by atoms with Crippen LogP contribution in [0.25, 0.3) is 11.1 Å². The molecule has 0 radical (unpaired) electrons. The maximum atomic E-state index is 12.9. The van der Waals surface area contributed by atoms with Gasteiger partial charge in [-0.2, -0.15) is 0 Å². The van der Waals surface area contributed by atoms with Crippen molar-refractivity contribution >= 4 is 17.5 Å². The van der Waals surface area contributed by atoms with Crippen molar-refractivity contribution in [2.45, 2.75) is 19.5 Å². The highest BCUT2D eigenvalue weighted by Gasteiger charge is 2.19. The van der Waals surface area contributed by atoms with E-state index in [1.165, 1.54) is 0 Å². The molecule has 2 N–H and O–H groups in total. The third-order valence-corrected chi connectivity index (χ3v) is 5.19. The zero-order chi connectivity index (χ0) is 21.5. The molecule has 154 valence electrons. The summed E-state index contributed by atoms with van der Waals surface area (Å²) in [4.78, 5) is 26.6. The number of likely N-dealkylation sites (N-methyl/N-ethyl adjacent to an activating group) is 1. The molecule has 3 aromatic rings. The van der Waals surface area contributed by atoms with Gasteiger partial charge in [-0.25, -0.2) is 0 Å². The molecule has 0 aliphatic carbocycles. The van der Waals surface area contributed by atoms with Crippen molar-refractivity contribution in [3.05, 3.63) is 90.0 Å². The lowest BCUT2D eigenvalue weighted by atomic mass is 10.0. The number of hydrogen-bond acceptors (Lipinski definition) is 3. The number of benzene rings is 3. The minimum Gasteiger partial charge on any atom is -0.355 e. The number of hydrogen-bond donors (Lipinski definition) is 2. The maximum Gasteiger partial charge on any atom is 0.251 e. The van der Waals surface area contributed by atoms with Crippen LogP contribution >= 0.6 is 0 Å². The molecule has 0 heterocycles. The lowest BCUT2D eigenvalue weighted by Crippen LogP contribution is -2.39. The molecular weight excluding hydrogens is 374 g/mol. The van der Waals surface area contributed by atoms with Gasteiger partial charge < -0.3 is 10.6 Å². The first-order valence-corrected chi connectivity index (χ1v) is 9.96. The Hall–Kier alpha value is -3.44. The Morgan fingerprint density at radius 2 is 1.53 bits per heavy atom. The number of para-hydroxylation sites is 1. The van der Waals surface area contributed by atoms with Crippen LogP contribution in [0.2, 0.25) is 0 Å². The summed E-state index contributed by atoms with van der Waals surface area (Å²) in [6.45, 7) is 2.49. The van der Waals surface area contributed by atoms with E-state index in [4.69, 9.17) is 0 Å². The molecule has 0 unspecified atom stereocenters. The van der Waals surface area contributed by atoms with Gasteiger partial charge in [0.25, 0.3) is 5.91 Å². The van der Waals surface area contributed by atoms with Crippen LogP contribution in [-0.2, 0) is 11.3 Å². The summed E-state index contributed by atoms with van der Waals surface area (Å²) in [5, 5.41) is 5.69. The van der Waals surface area contributed by atoms with E-state index < -0.39 is 0 Å². The number of amides is 2. The lowest BCUT2D eigenvalue weighted by molar-refractivity contribution is -0.120. The molecule has 0 aliphatic heterocycles. The van der Waals surface area contributed by atoms with Crippen molar-refractivity contribution in [2.75, 3.05) is 19.4 Å². The van der Waals surface area contributed by atoms with Crippen LogP contribution < -0.4 is 10.6 Å². The maximum absolute atomic E-state index is 12.9. The molecule has 5 heteroatoms. The van der Waals surface area contributed by atoms with Crippen LogP contribution in [-0.4, -0.2) is 36.9 Å². The molecule has 5 nitrogen and oxygen atoms in total. The SMILES string of the molecule is CNC(=O)c1ccc(CN(C)[C@@H](C)C(=O)Nc2ccccc2-c2ccccc2)cc1. The first-order chi connectivity index (χ1) is 14.5. The summed E-state index contributed by atoms with van der Waals surface area (Å²) in [5.74, 6) is -0.178. The largest absolute Gasteiger partial charge is 0.355 e. The zero-order valence-corrected chi connectivity index (χ0v) is 17.6. The summed E-state index contributed by atoms with van der Waals surface area (Å²) < 4.78 is 0. The fraction of sp³-hybridized carbons (Fsp3) is 0.200. The van der Waals surface area contributed by atoms with E-state index in [0.717, 1.165) is 22.4 Å². The highest BCUT2D eigenvalue weighted by Crippen LogP contribution is 2.27. The average Bonchev–Trinajstić information content (AvgIpc) is 2.79. The van der Waals surface area contributed by atoms with Gasteiger partial charge in [0, 0.05) is 30.4 Å². The van der Waals surface area contributed by atoms with Crippen molar-refractivity contribution < 1.29 is 9.59 Å². The summed E-state index contributed by atoms with van der Waals surface area (Å²) >= 11 is 0. The molecular formula is C25H27N3O2. The molecule has 0 bridgehead atoms. The van der Waals surface area contributed by atoms with Gasteiger partial charge in [-0.1, -0.05) is 60.7 Å². The van der Waals surface area contributed by atoms with E-state index in [2.05, 4.69) is 10.6 Å². The second-order valence-corrected chi connectivity index (χ2v) is 7.27. The smallest absolute Gasteiger partial charge is 0.251 e. The topological polar surface area (TPSA) is 61.4 Å². The van der Waals surface area contributed by atoms with Crippen molar-refractivity contribution in [1.82, 2.24) is 10.2 Å². The van der Waals surface area contributed by atoms with Crippen LogP contribution in [0.15, 0.2) is 78.9 Å². The van der Waals surface area contributed by atoms with Gasteiger partial charge >= 0.3 is 0 Å². The van der Waals surface area contributed by atoms with E-state index in [0.29, 0.717) is 12.1 Å². The van der Waals surface area contributed by atoms with Gasteiger partial charge in [0.05, 0.1) is 6.04 Å². The summed E-state index contributed by atoms with van der Waals surface area (Å²) in [7, 11) is 3.53. The molecule has 0 spiro atoms. The van der Waals surface area contributed by atoms with E-state index >= 15 is 0 Å². The number of nitrogens with one attached hydrogen (secondary N) is 2. The molecule has 0 saturated heterocycles. The van der Waals surface area contributed by atoms with E-state index in [1.807, 2.05) is 85.6 Å². The predicted molar refractivity (Wildman–Crippen MR) is 121 cm³/mol. The standard InChI is InChI=1S/C25H27N3O2/c1-18(28(3)17-19-13-15-21(16-14-19)25(30)26-2)24(29)27-23-12-8-7-11-22(23)20-9-5-4-6-10-20/h4-16,18H,17H2,1-3H3,(H,26,30)(H,27,29)/t18-/m0/s1. The minimum atomic E-state index is -0.326. The summed E-state index contributed by atoms with van der Waals surface area (Å²) in [6.07, 6.45) is 0. The van der Waals surface area contributed by atoms with Gasteiger partial charge in [0.15, 0.2) is 0 Å². The summed E-state index contributed by atoms with van der Waals surface area (Å²) in [6, 6.07) is 24.9. The molecule has 2 amide bonds. The fourth-order valence-electron chi connectivity index (χ4n) is 3.23. The lowest BCUT2D eigenvalue weighted by Gasteiger charge is -2.24. The molecule has 0 fully saturated rings. The molecule has 3 rings (SSSR count). The predicted octanol–water partition coefficient (Wildman–Crippen LogP) is 4.17. The van der Waals surface area contributed by atoms with Crippen molar-refractivity contribution in [1.29, 1.82) is 0 Å². The Labute approximate surface area is 177 Å². The van der Waals surface area contributed by atoms with Crippen LogP contribution in [0.3, 0.4) is 0 Å².